The van der Waals surface area contributed by atoms with Crippen LogP contribution in [0.2, 0.25) is 0 Å². The van der Waals surface area contributed by atoms with E-state index in [0.717, 1.165) is 23.2 Å². The van der Waals surface area contributed by atoms with Crippen LogP contribution in [-0.4, -0.2) is 23.8 Å². The Morgan fingerprint density at radius 1 is 1.33 bits per heavy atom. The van der Waals surface area contributed by atoms with Gasteiger partial charge in [0.1, 0.15) is 0 Å². The minimum atomic E-state index is -0.215. The Morgan fingerprint density at radius 3 is 2.44 bits per heavy atom. The van der Waals surface area contributed by atoms with E-state index >= 15 is 0 Å². The zero-order valence-corrected chi connectivity index (χ0v) is 11.3. The first-order valence-corrected chi connectivity index (χ1v) is 6.33. The molecule has 0 aromatic heterocycles. The van der Waals surface area contributed by atoms with Gasteiger partial charge in [-0.2, -0.15) is 0 Å². The van der Waals surface area contributed by atoms with Crippen LogP contribution in [0.25, 0.3) is 0 Å². The van der Waals surface area contributed by atoms with Crippen LogP contribution >= 0.6 is 0 Å². The van der Waals surface area contributed by atoms with Gasteiger partial charge in [-0.15, -0.1) is 0 Å². The number of rotatable bonds is 5. The summed E-state index contributed by atoms with van der Waals surface area (Å²) in [6, 6.07) is 5.70. The minimum absolute atomic E-state index is 0.0133. The van der Waals surface area contributed by atoms with E-state index in [4.69, 9.17) is 5.11 Å². The van der Waals surface area contributed by atoms with E-state index in [0.29, 0.717) is 6.42 Å². The number of carbonyl (C=O) groups is 1. The lowest BCUT2D eigenvalue weighted by molar-refractivity contribution is 0.237. The van der Waals surface area contributed by atoms with Crippen molar-refractivity contribution in [3.8, 4) is 0 Å². The second-order valence-electron chi connectivity index (χ2n) is 4.48. The Morgan fingerprint density at radius 2 is 1.94 bits per heavy atom. The van der Waals surface area contributed by atoms with E-state index in [1.165, 1.54) is 0 Å². The number of urea groups is 1. The average molecular weight is 250 g/mol. The van der Waals surface area contributed by atoms with Gasteiger partial charge in [-0.3, -0.25) is 0 Å². The number of hydrogen-bond donors (Lipinski definition) is 3. The van der Waals surface area contributed by atoms with Crippen LogP contribution in [0.15, 0.2) is 18.2 Å². The van der Waals surface area contributed by atoms with Crippen molar-refractivity contribution in [1.29, 1.82) is 0 Å². The van der Waals surface area contributed by atoms with Crippen molar-refractivity contribution in [2.24, 2.45) is 0 Å². The number of amides is 2. The zero-order chi connectivity index (χ0) is 13.5. The molecule has 1 aromatic rings. The third-order valence-corrected chi connectivity index (χ3v) is 3.03. The monoisotopic (exact) mass is 250 g/mol. The summed E-state index contributed by atoms with van der Waals surface area (Å²) in [5, 5.41) is 14.6. The fourth-order valence-electron chi connectivity index (χ4n) is 1.88. The summed E-state index contributed by atoms with van der Waals surface area (Å²) in [5.41, 5.74) is 2.94. The molecular weight excluding hydrogens is 228 g/mol. The molecule has 0 spiro atoms. The van der Waals surface area contributed by atoms with Gasteiger partial charge < -0.3 is 15.7 Å². The zero-order valence-electron chi connectivity index (χ0n) is 11.3. The molecule has 1 aromatic carbocycles. The van der Waals surface area contributed by atoms with Gasteiger partial charge in [0, 0.05) is 18.3 Å². The number of benzene rings is 1. The largest absolute Gasteiger partial charge is 0.396 e. The third kappa shape index (κ3) is 4.04. The van der Waals surface area contributed by atoms with Crippen molar-refractivity contribution in [2.75, 3.05) is 11.9 Å². The molecule has 18 heavy (non-hydrogen) atoms. The van der Waals surface area contributed by atoms with Crippen molar-refractivity contribution in [2.45, 2.75) is 39.7 Å². The van der Waals surface area contributed by atoms with Gasteiger partial charge >= 0.3 is 6.03 Å². The number of aliphatic hydroxyl groups excluding tert-OH is 1. The number of nitrogens with one attached hydrogen (secondary N) is 2. The smallest absolute Gasteiger partial charge is 0.319 e. The average Bonchev–Trinajstić information content (AvgIpc) is 2.33. The van der Waals surface area contributed by atoms with Crippen LogP contribution in [0, 0.1) is 13.8 Å². The summed E-state index contributed by atoms with van der Waals surface area (Å²) in [5.74, 6) is 0. The number of aliphatic hydroxyl groups is 1. The number of para-hydroxylation sites is 1. The summed E-state index contributed by atoms with van der Waals surface area (Å²) >= 11 is 0. The summed E-state index contributed by atoms with van der Waals surface area (Å²) in [6.45, 7) is 6.00. The Labute approximate surface area is 108 Å². The van der Waals surface area contributed by atoms with Gasteiger partial charge in [0.25, 0.3) is 0 Å². The second kappa shape index (κ2) is 7.01. The number of anilines is 1. The highest BCUT2D eigenvalue weighted by Crippen LogP contribution is 2.19. The Kier molecular flexibility index (Phi) is 5.65. The third-order valence-electron chi connectivity index (χ3n) is 3.03. The van der Waals surface area contributed by atoms with E-state index < -0.39 is 0 Å². The molecule has 1 rings (SSSR count). The SMILES string of the molecule is CCC(CCO)NC(=O)Nc1c(C)cccc1C. The topological polar surface area (TPSA) is 61.4 Å². The number of aryl methyl sites for hydroxylation is 2. The van der Waals surface area contributed by atoms with E-state index in [-0.39, 0.29) is 18.7 Å². The van der Waals surface area contributed by atoms with Crippen molar-refractivity contribution in [1.82, 2.24) is 5.32 Å². The maximum atomic E-state index is 11.9. The molecule has 2 amide bonds. The molecule has 0 heterocycles. The molecule has 0 bridgehead atoms. The highest BCUT2D eigenvalue weighted by molar-refractivity contribution is 5.91. The predicted octanol–water partition coefficient (Wildman–Crippen LogP) is 2.59. The van der Waals surface area contributed by atoms with E-state index in [1.807, 2.05) is 39.0 Å². The van der Waals surface area contributed by atoms with Crippen LogP contribution in [0.5, 0.6) is 0 Å². The van der Waals surface area contributed by atoms with Gasteiger partial charge in [0.15, 0.2) is 0 Å². The van der Waals surface area contributed by atoms with Crippen LogP contribution < -0.4 is 10.6 Å². The number of hydrogen-bond acceptors (Lipinski definition) is 2. The maximum absolute atomic E-state index is 11.9. The van der Waals surface area contributed by atoms with Crippen molar-refractivity contribution in [3.63, 3.8) is 0 Å². The Bertz CT molecular complexity index is 385. The summed E-state index contributed by atoms with van der Waals surface area (Å²) in [4.78, 5) is 11.9. The molecule has 100 valence electrons. The van der Waals surface area contributed by atoms with Crippen molar-refractivity contribution in [3.05, 3.63) is 29.3 Å². The summed E-state index contributed by atoms with van der Waals surface area (Å²) in [6.07, 6.45) is 1.39. The minimum Gasteiger partial charge on any atom is -0.396 e. The van der Waals surface area contributed by atoms with Gasteiger partial charge in [-0.05, 0) is 37.8 Å². The normalized spacial score (nSPS) is 12.0. The molecule has 4 nitrogen and oxygen atoms in total. The molecule has 0 aliphatic heterocycles. The van der Waals surface area contributed by atoms with Crippen molar-refractivity contribution < 1.29 is 9.90 Å². The fraction of sp³-hybridized carbons (Fsp3) is 0.500. The molecule has 0 aliphatic carbocycles. The van der Waals surface area contributed by atoms with E-state index in [9.17, 15) is 4.79 Å². The molecule has 4 heteroatoms. The quantitative estimate of drug-likeness (QED) is 0.752. The van der Waals surface area contributed by atoms with Gasteiger partial charge in [-0.1, -0.05) is 25.1 Å². The molecule has 1 unspecified atom stereocenters. The highest BCUT2D eigenvalue weighted by atomic mass is 16.3. The summed E-state index contributed by atoms with van der Waals surface area (Å²) < 4.78 is 0. The Balaban J connectivity index is 2.64. The van der Waals surface area contributed by atoms with Gasteiger partial charge in [0.2, 0.25) is 0 Å². The predicted molar refractivity (Wildman–Crippen MR) is 73.9 cm³/mol. The molecule has 0 saturated carbocycles. The molecule has 0 saturated heterocycles. The fourth-order valence-corrected chi connectivity index (χ4v) is 1.88. The Hall–Kier alpha value is -1.55. The standard InChI is InChI=1S/C14H22N2O2/c1-4-12(8-9-17)15-14(18)16-13-10(2)6-5-7-11(13)3/h5-7,12,17H,4,8-9H2,1-3H3,(H2,15,16,18). The second-order valence-corrected chi connectivity index (χ2v) is 4.48. The van der Waals surface area contributed by atoms with Crippen LogP contribution in [0.3, 0.4) is 0 Å². The molecule has 0 aliphatic rings. The molecule has 3 N–H and O–H groups in total. The first-order valence-electron chi connectivity index (χ1n) is 6.33. The highest BCUT2D eigenvalue weighted by Gasteiger charge is 2.11. The van der Waals surface area contributed by atoms with Crippen LogP contribution in [0.4, 0.5) is 10.5 Å². The first-order chi connectivity index (χ1) is 8.58. The van der Waals surface area contributed by atoms with Crippen LogP contribution in [0.1, 0.15) is 30.9 Å². The van der Waals surface area contributed by atoms with E-state index in [2.05, 4.69) is 10.6 Å². The number of carbonyl (C=O) groups excluding carboxylic acids is 1. The molecular formula is C14H22N2O2. The van der Waals surface area contributed by atoms with Crippen LogP contribution in [-0.2, 0) is 0 Å². The lowest BCUT2D eigenvalue weighted by atomic mass is 10.1. The lowest BCUT2D eigenvalue weighted by Crippen LogP contribution is -2.38. The lowest BCUT2D eigenvalue weighted by Gasteiger charge is -2.18. The maximum Gasteiger partial charge on any atom is 0.319 e. The molecule has 1 atom stereocenters. The molecule has 0 fully saturated rings. The van der Waals surface area contributed by atoms with Gasteiger partial charge in [-0.25, -0.2) is 4.79 Å². The first kappa shape index (κ1) is 14.5. The molecule has 0 radical (unpaired) electrons. The van der Waals surface area contributed by atoms with Gasteiger partial charge in [0.05, 0.1) is 0 Å². The van der Waals surface area contributed by atoms with E-state index in [1.54, 1.807) is 0 Å². The summed E-state index contributed by atoms with van der Waals surface area (Å²) in [7, 11) is 0. The van der Waals surface area contributed by atoms with Crippen molar-refractivity contribution >= 4 is 11.7 Å².